The van der Waals surface area contributed by atoms with Gasteiger partial charge in [-0.05, 0) is 37.3 Å². The van der Waals surface area contributed by atoms with Gasteiger partial charge in [-0.15, -0.1) is 0 Å². The topological polar surface area (TPSA) is 29.5 Å². The molecule has 0 spiro atoms. The van der Waals surface area contributed by atoms with Gasteiger partial charge in [0.05, 0.1) is 13.2 Å². The molecule has 2 heteroatoms. The van der Waals surface area contributed by atoms with Crippen LogP contribution in [0.4, 0.5) is 0 Å². The fraction of sp³-hybridized carbons (Fsp3) is 0.571. The van der Waals surface area contributed by atoms with Crippen molar-refractivity contribution in [1.82, 2.24) is 0 Å². The van der Waals surface area contributed by atoms with E-state index in [0.29, 0.717) is 0 Å². The molecule has 1 fully saturated rings. The van der Waals surface area contributed by atoms with E-state index in [4.69, 9.17) is 4.74 Å². The summed E-state index contributed by atoms with van der Waals surface area (Å²) in [6, 6.07) is 4.05. The monoisotopic (exact) mass is 220 g/mol. The Morgan fingerprint density at radius 2 is 2.06 bits per heavy atom. The molecular formula is C14H20O2. The molecule has 16 heavy (non-hydrogen) atoms. The van der Waals surface area contributed by atoms with Crippen LogP contribution in [0.15, 0.2) is 12.1 Å². The van der Waals surface area contributed by atoms with Crippen LogP contribution in [0.5, 0.6) is 5.75 Å². The lowest BCUT2D eigenvalue weighted by Gasteiger charge is -2.17. The van der Waals surface area contributed by atoms with Crippen LogP contribution in [-0.2, 0) is 0 Å². The molecule has 1 N–H and O–H groups in total. The summed E-state index contributed by atoms with van der Waals surface area (Å²) < 4.78 is 5.42. The molecule has 1 aliphatic carbocycles. The molecule has 0 saturated heterocycles. The number of hydrogen-bond donors (Lipinski definition) is 1. The Bertz CT molecular complexity index is 381. The molecule has 1 aromatic rings. The summed E-state index contributed by atoms with van der Waals surface area (Å²) in [6.45, 7) is 4.11. The Labute approximate surface area is 97.3 Å². The summed E-state index contributed by atoms with van der Waals surface area (Å²) in [6.07, 6.45) is 3.04. The van der Waals surface area contributed by atoms with Gasteiger partial charge in [0, 0.05) is 5.56 Å². The Balaban J connectivity index is 2.27. The molecule has 0 heterocycles. The van der Waals surface area contributed by atoms with E-state index in [1.54, 1.807) is 7.11 Å². The molecule has 0 radical (unpaired) electrons. The summed E-state index contributed by atoms with van der Waals surface area (Å²) in [5.74, 6) is 1.58. The van der Waals surface area contributed by atoms with E-state index < -0.39 is 0 Å². The zero-order chi connectivity index (χ0) is 11.7. The van der Waals surface area contributed by atoms with Crippen molar-refractivity contribution in [3.05, 3.63) is 28.8 Å². The highest BCUT2D eigenvalue weighted by atomic mass is 16.5. The fourth-order valence-electron chi connectivity index (χ4n) is 2.14. The lowest BCUT2D eigenvalue weighted by molar-refractivity contribution is 0.156. The zero-order valence-electron chi connectivity index (χ0n) is 10.3. The molecule has 2 rings (SSSR count). The van der Waals surface area contributed by atoms with E-state index >= 15 is 0 Å². The van der Waals surface area contributed by atoms with Crippen LogP contribution in [-0.4, -0.2) is 12.2 Å². The fourth-order valence-corrected chi connectivity index (χ4v) is 2.14. The highest BCUT2D eigenvalue weighted by Gasteiger charge is 2.27. The van der Waals surface area contributed by atoms with Crippen molar-refractivity contribution in [3.8, 4) is 5.75 Å². The minimum Gasteiger partial charge on any atom is -0.496 e. The first-order valence-corrected chi connectivity index (χ1v) is 5.95. The van der Waals surface area contributed by atoms with Crippen molar-refractivity contribution in [1.29, 1.82) is 0 Å². The van der Waals surface area contributed by atoms with Crippen molar-refractivity contribution in [2.75, 3.05) is 7.11 Å². The SMILES string of the molecule is COc1c(C(O)CC2CC2)ccc(C)c1C. The van der Waals surface area contributed by atoms with Gasteiger partial charge in [0.2, 0.25) is 0 Å². The van der Waals surface area contributed by atoms with Crippen LogP contribution in [0.25, 0.3) is 0 Å². The van der Waals surface area contributed by atoms with Gasteiger partial charge in [-0.2, -0.15) is 0 Å². The van der Waals surface area contributed by atoms with E-state index in [1.165, 1.54) is 18.4 Å². The van der Waals surface area contributed by atoms with E-state index in [2.05, 4.69) is 13.0 Å². The molecule has 0 aromatic heterocycles. The number of aryl methyl sites for hydroxylation is 1. The number of aliphatic hydroxyl groups excluding tert-OH is 1. The van der Waals surface area contributed by atoms with Crippen LogP contribution >= 0.6 is 0 Å². The Morgan fingerprint density at radius 3 is 2.62 bits per heavy atom. The van der Waals surface area contributed by atoms with Crippen molar-refractivity contribution < 1.29 is 9.84 Å². The number of ether oxygens (including phenoxy) is 1. The average molecular weight is 220 g/mol. The van der Waals surface area contributed by atoms with Crippen molar-refractivity contribution in [3.63, 3.8) is 0 Å². The quantitative estimate of drug-likeness (QED) is 0.844. The smallest absolute Gasteiger partial charge is 0.127 e. The van der Waals surface area contributed by atoms with Gasteiger partial charge < -0.3 is 9.84 Å². The predicted molar refractivity (Wildman–Crippen MR) is 64.8 cm³/mol. The van der Waals surface area contributed by atoms with Gasteiger partial charge in [0.1, 0.15) is 5.75 Å². The number of benzene rings is 1. The molecule has 0 aliphatic heterocycles. The molecule has 0 bridgehead atoms. The number of aliphatic hydroxyl groups is 1. The molecule has 1 aliphatic rings. The highest BCUT2D eigenvalue weighted by molar-refractivity contribution is 5.46. The van der Waals surface area contributed by atoms with E-state index in [0.717, 1.165) is 29.2 Å². The second kappa shape index (κ2) is 4.46. The van der Waals surface area contributed by atoms with Gasteiger partial charge in [-0.25, -0.2) is 0 Å². The van der Waals surface area contributed by atoms with Crippen LogP contribution < -0.4 is 4.74 Å². The molecule has 1 atom stereocenters. The second-order valence-corrected chi connectivity index (χ2v) is 4.82. The average Bonchev–Trinajstić information content (AvgIpc) is 3.05. The first-order chi connectivity index (χ1) is 7.63. The molecule has 1 saturated carbocycles. The second-order valence-electron chi connectivity index (χ2n) is 4.82. The summed E-state index contributed by atoms with van der Waals surface area (Å²) in [5, 5.41) is 10.2. The van der Waals surface area contributed by atoms with Crippen LogP contribution in [0.2, 0.25) is 0 Å². The number of hydrogen-bond acceptors (Lipinski definition) is 2. The van der Waals surface area contributed by atoms with Crippen molar-refractivity contribution in [2.45, 2.75) is 39.2 Å². The normalized spacial score (nSPS) is 17.2. The van der Waals surface area contributed by atoms with Gasteiger partial charge >= 0.3 is 0 Å². The van der Waals surface area contributed by atoms with E-state index in [9.17, 15) is 5.11 Å². The van der Waals surface area contributed by atoms with Gasteiger partial charge in [0.15, 0.2) is 0 Å². The van der Waals surface area contributed by atoms with E-state index in [1.807, 2.05) is 13.0 Å². The van der Waals surface area contributed by atoms with Crippen LogP contribution in [0, 0.1) is 19.8 Å². The van der Waals surface area contributed by atoms with Crippen molar-refractivity contribution >= 4 is 0 Å². The zero-order valence-corrected chi connectivity index (χ0v) is 10.3. The molecule has 0 amide bonds. The molecule has 1 unspecified atom stereocenters. The number of rotatable bonds is 4. The third-order valence-corrected chi connectivity index (χ3v) is 3.52. The molecule has 2 nitrogen and oxygen atoms in total. The Hall–Kier alpha value is -1.02. The highest BCUT2D eigenvalue weighted by Crippen LogP contribution is 2.40. The molecule has 1 aromatic carbocycles. The predicted octanol–water partition coefficient (Wildman–Crippen LogP) is 3.15. The maximum atomic E-state index is 10.2. The molecular weight excluding hydrogens is 200 g/mol. The van der Waals surface area contributed by atoms with Gasteiger partial charge in [0.25, 0.3) is 0 Å². The minimum absolute atomic E-state index is 0.373. The minimum atomic E-state index is -0.373. The number of methoxy groups -OCH3 is 1. The third kappa shape index (κ3) is 2.22. The first-order valence-electron chi connectivity index (χ1n) is 5.95. The third-order valence-electron chi connectivity index (χ3n) is 3.52. The largest absolute Gasteiger partial charge is 0.496 e. The molecule has 88 valence electrons. The van der Waals surface area contributed by atoms with Crippen LogP contribution in [0.3, 0.4) is 0 Å². The summed E-state index contributed by atoms with van der Waals surface area (Å²) >= 11 is 0. The van der Waals surface area contributed by atoms with Crippen molar-refractivity contribution in [2.24, 2.45) is 5.92 Å². The van der Waals surface area contributed by atoms with E-state index in [-0.39, 0.29) is 6.10 Å². The van der Waals surface area contributed by atoms with Crippen LogP contribution in [0.1, 0.15) is 42.1 Å². The summed E-state index contributed by atoms with van der Waals surface area (Å²) in [5.41, 5.74) is 3.28. The maximum Gasteiger partial charge on any atom is 0.127 e. The van der Waals surface area contributed by atoms with Gasteiger partial charge in [-0.1, -0.05) is 25.0 Å². The Kier molecular flexibility index (Phi) is 3.20. The Morgan fingerprint density at radius 1 is 1.38 bits per heavy atom. The summed E-state index contributed by atoms with van der Waals surface area (Å²) in [4.78, 5) is 0. The van der Waals surface area contributed by atoms with Gasteiger partial charge in [-0.3, -0.25) is 0 Å². The standard InChI is InChI=1S/C14H20O2/c1-9-4-7-12(14(16-3)10(9)2)13(15)8-11-5-6-11/h4,7,11,13,15H,5-6,8H2,1-3H3. The lowest BCUT2D eigenvalue weighted by Crippen LogP contribution is -2.03. The summed E-state index contributed by atoms with van der Waals surface area (Å²) in [7, 11) is 1.68. The first kappa shape index (κ1) is 11.5. The lowest BCUT2D eigenvalue weighted by atomic mass is 9.98. The maximum absolute atomic E-state index is 10.2.